The van der Waals surface area contributed by atoms with Crippen molar-refractivity contribution in [3.05, 3.63) is 22.3 Å². The lowest BCUT2D eigenvalue weighted by atomic mass is 9.79. The van der Waals surface area contributed by atoms with E-state index in [1.54, 1.807) is 27.7 Å². The van der Waals surface area contributed by atoms with Gasteiger partial charge in [-0.3, -0.25) is 14.4 Å². The maximum Gasteiger partial charge on any atom is 0.225 e. The molecule has 0 aliphatic heterocycles. The fourth-order valence-corrected chi connectivity index (χ4v) is 2.08. The van der Waals surface area contributed by atoms with Crippen LogP contribution in [-0.4, -0.2) is 17.5 Å². The van der Waals surface area contributed by atoms with Crippen molar-refractivity contribution >= 4 is 17.5 Å². The number of primary amides is 1. The predicted molar refractivity (Wildman–Crippen MR) is 64.1 cm³/mol. The van der Waals surface area contributed by atoms with E-state index in [0.717, 1.165) is 0 Å². The van der Waals surface area contributed by atoms with Crippen LogP contribution in [0.25, 0.3) is 0 Å². The van der Waals surface area contributed by atoms with Crippen LogP contribution in [0.2, 0.25) is 0 Å². The summed E-state index contributed by atoms with van der Waals surface area (Å²) in [5, 5.41) is 0. The largest absolute Gasteiger partial charge is 0.369 e. The highest BCUT2D eigenvalue weighted by Crippen LogP contribution is 2.30. The van der Waals surface area contributed by atoms with Crippen LogP contribution in [-0.2, 0) is 14.4 Å². The van der Waals surface area contributed by atoms with Gasteiger partial charge < -0.3 is 5.73 Å². The fourth-order valence-electron chi connectivity index (χ4n) is 2.08. The third kappa shape index (κ3) is 2.07. The molecule has 0 bridgehead atoms. The third-order valence-electron chi connectivity index (χ3n) is 3.33. The Kier molecular flexibility index (Phi) is 3.66. The lowest BCUT2D eigenvalue weighted by Gasteiger charge is -2.22. The van der Waals surface area contributed by atoms with E-state index in [-0.39, 0.29) is 17.1 Å². The quantitative estimate of drug-likeness (QED) is 0.749. The summed E-state index contributed by atoms with van der Waals surface area (Å²) in [5.41, 5.74) is 6.76. The zero-order chi connectivity index (χ0) is 13.3. The van der Waals surface area contributed by atoms with Crippen LogP contribution in [0.4, 0.5) is 0 Å². The highest BCUT2D eigenvalue weighted by Gasteiger charge is 2.34. The summed E-state index contributed by atoms with van der Waals surface area (Å²) in [6.45, 7) is 6.59. The zero-order valence-corrected chi connectivity index (χ0v) is 10.6. The molecule has 1 rings (SSSR count). The van der Waals surface area contributed by atoms with Gasteiger partial charge in [-0.2, -0.15) is 0 Å². The minimum atomic E-state index is -0.672. The summed E-state index contributed by atoms with van der Waals surface area (Å²) in [4.78, 5) is 35.4. The van der Waals surface area contributed by atoms with Gasteiger partial charge in [-0.1, -0.05) is 6.92 Å². The molecular formula is C13H17NO3. The molecule has 1 atom stereocenters. The lowest BCUT2D eigenvalue weighted by Crippen LogP contribution is -2.32. The zero-order valence-electron chi connectivity index (χ0n) is 10.6. The van der Waals surface area contributed by atoms with Gasteiger partial charge in [0.05, 0.1) is 5.92 Å². The first-order chi connectivity index (χ1) is 7.82. The Morgan fingerprint density at radius 3 is 1.94 bits per heavy atom. The standard InChI is InChI=1S/C13H17NO3/c1-5-9(13(14)17)10-8(4)11(15)6(2)7(3)12(10)16/h9H,5H2,1-4H3,(H2,14,17). The van der Waals surface area contributed by atoms with Crippen molar-refractivity contribution in [1.82, 2.24) is 0 Å². The van der Waals surface area contributed by atoms with Gasteiger partial charge in [-0.25, -0.2) is 0 Å². The molecular weight excluding hydrogens is 218 g/mol. The van der Waals surface area contributed by atoms with Gasteiger partial charge in [-0.15, -0.1) is 0 Å². The number of hydrogen-bond acceptors (Lipinski definition) is 3. The number of Topliss-reactive ketones (excluding diaryl/α,β-unsaturated/α-hetero) is 2. The van der Waals surface area contributed by atoms with E-state index in [2.05, 4.69) is 0 Å². The Morgan fingerprint density at radius 2 is 1.53 bits per heavy atom. The molecule has 1 unspecified atom stereocenters. The predicted octanol–water partition coefficient (Wildman–Crippen LogP) is 1.30. The summed E-state index contributed by atoms with van der Waals surface area (Å²) in [6, 6.07) is 0. The number of hydrogen-bond donors (Lipinski definition) is 1. The average Bonchev–Trinajstić information content (AvgIpc) is 2.29. The van der Waals surface area contributed by atoms with Crippen molar-refractivity contribution in [2.75, 3.05) is 0 Å². The number of amides is 1. The van der Waals surface area contributed by atoms with Crippen molar-refractivity contribution in [2.24, 2.45) is 11.7 Å². The van der Waals surface area contributed by atoms with Crippen molar-refractivity contribution in [3.8, 4) is 0 Å². The van der Waals surface area contributed by atoms with Crippen molar-refractivity contribution < 1.29 is 14.4 Å². The van der Waals surface area contributed by atoms with E-state index in [1.807, 2.05) is 0 Å². The molecule has 0 spiro atoms. The first kappa shape index (κ1) is 13.4. The molecule has 0 aromatic rings. The van der Waals surface area contributed by atoms with E-state index < -0.39 is 11.8 Å². The maximum absolute atomic E-state index is 12.1. The molecule has 0 heterocycles. The second kappa shape index (κ2) is 4.65. The van der Waals surface area contributed by atoms with Crippen molar-refractivity contribution in [2.45, 2.75) is 34.1 Å². The second-order valence-electron chi connectivity index (χ2n) is 4.31. The van der Waals surface area contributed by atoms with Crippen LogP contribution in [0.3, 0.4) is 0 Å². The Labute approximate surface area is 101 Å². The van der Waals surface area contributed by atoms with E-state index in [4.69, 9.17) is 5.73 Å². The topological polar surface area (TPSA) is 77.2 Å². The van der Waals surface area contributed by atoms with Gasteiger partial charge in [0.2, 0.25) is 5.91 Å². The first-order valence-electron chi connectivity index (χ1n) is 5.59. The molecule has 2 N–H and O–H groups in total. The lowest BCUT2D eigenvalue weighted by molar-refractivity contribution is -0.123. The van der Waals surface area contributed by atoms with Crippen LogP contribution < -0.4 is 5.73 Å². The van der Waals surface area contributed by atoms with Crippen molar-refractivity contribution in [1.29, 1.82) is 0 Å². The maximum atomic E-state index is 12.1. The highest BCUT2D eigenvalue weighted by atomic mass is 16.2. The summed E-state index contributed by atoms with van der Waals surface area (Å²) >= 11 is 0. The molecule has 4 heteroatoms. The van der Waals surface area contributed by atoms with E-state index in [0.29, 0.717) is 23.1 Å². The summed E-state index contributed by atoms with van der Waals surface area (Å²) in [7, 11) is 0. The number of carbonyl (C=O) groups is 3. The van der Waals surface area contributed by atoms with E-state index in [1.165, 1.54) is 0 Å². The van der Waals surface area contributed by atoms with Crippen LogP contribution in [0.15, 0.2) is 22.3 Å². The SMILES string of the molecule is CCC(C(N)=O)C1=C(C)C(=O)C(C)=C(C)C1=O. The number of carbonyl (C=O) groups excluding carboxylic acids is 3. The molecule has 1 aliphatic rings. The van der Waals surface area contributed by atoms with Gasteiger partial charge in [0.25, 0.3) is 0 Å². The number of allylic oxidation sites excluding steroid dienone is 3. The average molecular weight is 235 g/mol. The molecule has 4 nitrogen and oxygen atoms in total. The Morgan fingerprint density at radius 1 is 1.06 bits per heavy atom. The monoisotopic (exact) mass is 235 g/mol. The highest BCUT2D eigenvalue weighted by molar-refractivity contribution is 6.25. The number of nitrogens with two attached hydrogens (primary N) is 1. The Bertz CT molecular complexity index is 469. The van der Waals surface area contributed by atoms with Crippen LogP contribution in [0.1, 0.15) is 34.1 Å². The van der Waals surface area contributed by atoms with Gasteiger partial charge in [0.1, 0.15) is 0 Å². The minimum Gasteiger partial charge on any atom is -0.369 e. The number of rotatable bonds is 3. The smallest absolute Gasteiger partial charge is 0.225 e. The summed E-state index contributed by atoms with van der Waals surface area (Å²) in [6.07, 6.45) is 0.424. The molecule has 0 saturated heterocycles. The Hall–Kier alpha value is -1.71. The molecule has 92 valence electrons. The molecule has 1 aliphatic carbocycles. The Balaban J connectivity index is 3.37. The van der Waals surface area contributed by atoms with Crippen molar-refractivity contribution in [3.63, 3.8) is 0 Å². The first-order valence-corrected chi connectivity index (χ1v) is 5.59. The minimum absolute atomic E-state index is 0.170. The second-order valence-corrected chi connectivity index (χ2v) is 4.31. The molecule has 0 saturated carbocycles. The van der Waals surface area contributed by atoms with Gasteiger partial charge in [-0.05, 0) is 27.2 Å². The summed E-state index contributed by atoms with van der Waals surface area (Å²) in [5.74, 6) is -1.63. The molecule has 0 aromatic carbocycles. The molecule has 0 fully saturated rings. The third-order valence-corrected chi connectivity index (χ3v) is 3.33. The van der Waals surface area contributed by atoms with E-state index in [9.17, 15) is 14.4 Å². The molecule has 0 radical (unpaired) electrons. The summed E-state index contributed by atoms with van der Waals surface area (Å²) < 4.78 is 0. The van der Waals surface area contributed by atoms with E-state index >= 15 is 0 Å². The van der Waals surface area contributed by atoms with Crippen LogP contribution in [0.5, 0.6) is 0 Å². The van der Waals surface area contributed by atoms with Gasteiger partial charge in [0, 0.05) is 22.3 Å². The normalized spacial score (nSPS) is 18.8. The molecule has 1 amide bonds. The molecule has 17 heavy (non-hydrogen) atoms. The van der Waals surface area contributed by atoms with Crippen LogP contribution in [0, 0.1) is 5.92 Å². The van der Waals surface area contributed by atoms with Gasteiger partial charge >= 0.3 is 0 Å². The van der Waals surface area contributed by atoms with Gasteiger partial charge in [0.15, 0.2) is 11.6 Å². The van der Waals surface area contributed by atoms with Crippen LogP contribution >= 0.6 is 0 Å². The molecule has 0 aromatic heterocycles. The number of ketones is 2. The fraction of sp³-hybridized carbons (Fsp3) is 0.462.